The standard InChI is InChI=1S/C9H18/c1-5-9(6-2)7-8(3)4/h5,8H,6-7H2,1-4H3. The van der Waals surface area contributed by atoms with Crippen LogP contribution in [0.5, 0.6) is 0 Å². The van der Waals surface area contributed by atoms with E-state index in [1.807, 2.05) is 0 Å². The van der Waals surface area contributed by atoms with Gasteiger partial charge in [-0.2, -0.15) is 0 Å². The minimum absolute atomic E-state index is 0.816. The fourth-order valence-corrected chi connectivity index (χ4v) is 0.991. The van der Waals surface area contributed by atoms with Gasteiger partial charge in [0.2, 0.25) is 0 Å². The molecule has 0 spiro atoms. The fourth-order valence-electron chi connectivity index (χ4n) is 0.991. The van der Waals surface area contributed by atoms with Gasteiger partial charge in [0.25, 0.3) is 0 Å². The van der Waals surface area contributed by atoms with Crippen molar-refractivity contribution in [1.82, 2.24) is 0 Å². The van der Waals surface area contributed by atoms with Crippen LogP contribution in [0.2, 0.25) is 0 Å². The average molecular weight is 126 g/mol. The molecule has 0 bridgehead atoms. The van der Waals surface area contributed by atoms with Gasteiger partial charge in [-0.3, -0.25) is 0 Å². The molecule has 0 heterocycles. The first-order chi connectivity index (χ1) is 4.20. The molecule has 0 aliphatic heterocycles. The summed E-state index contributed by atoms with van der Waals surface area (Å²) >= 11 is 0. The van der Waals surface area contributed by atoms with E-state index in [0.29, 0.717) is 0 Å². The van der Waals surface area contributed by atoms with Gasteiger partial charge < -0.3 is 0 Å². The summed E-state index contributed by atoms with van der Waals surface area (Å²) in [7, 11) is 0. The van der Waals surface area contributed by atoms with Gasteiger partial charge in [-0.1, -0.05) is 32.4 Å². The summed E-state index contributed by atoms with van der Waals surface area (Å²) in [5, 5.41) is 0. The summed E-state index contributed by atoms with van der Waals surface area (Å²) in [6.45, 7) is 8.87. The molecule has 0 fully saturated rings. The van der Waals surface area contributed by atoms with E-state index in [1.54, 1.807) is 5.57 Å². The highest BCUT2D eigenvalue weighted by Gasteiger charge is 1.95. The molecule has 0 saturated heterocycles. The SMILES string of the molecule is CC=C(CC)CC(C)C. The van der Waals surface area contributed by atoms with Crippen LogP contribution in [0.15, 0.2) is 11.6 Å². The molecule has 0 aliphatic carbocycles. The van der Waals surface area contributed by atoms with Gasteiger partial charge in [0.15, 0.2) is 0 Å². The molecule has 0 aliphatic rings. The highest BCUT2D eigenvalue weighted by atomic mass is 14.0. The molecule has 0 aromatic heterocycles. The molecule has 54 valence electrons. The third-order valence-corrected chi connectivity index (χ3v) is 1.53. The van der Waals surface area contributed by atoms with Gasteiger partial charge >= 0.3 is 0 Å². The molecule has 0 unspecified atom stereocenters. The van der Waals surface area contributed by atoms with E-state index in [1.165, 1.54) is 12.8 Å². The highest BCUT2D eigenvalue weighted by Crippen LogP contribution is 2.12. The summed E-state index contributed by atoms with van der Waals surface area (Å²) in [4.78, 5) is 0. The van der Waals surface area contributed by atoms with Crippen molar-refractivity contribution in [2.75, 3.05) is 0 Å². The van der Waals surface area contributed by atoms with Crippen molar-refractivity contribution in [2.24, 2.45) is 5.92 Å². The first-order valence-corrected chi connectivity index (χ1v) is 3.84. The molecule has 0 aromatic carbocycles. The first kappa shape index (κ1) is 8.74. The van der Waals surface area contributed by atoms with E-state index in [4.69, 9.17) is 0 Å². The minimum atomic E-state index is 0.816. The Balaban J connectivity index is 3.58. The van der Waals surface area contributed by atoms with Crippen molar-refractivity contribution in [2.45, 2.75) is 40.5 Å². The Bertz CT molecular complexity index is 88.2. The van der Waals surface area contributed by atoms with Crippen molar-refractivity contribution >= 4 is 0 Å². The zero-order valence-electron chi connectivity index (χ0n) is 7.07. The summed E-state index contributed by atoms with van der Waals surface area (Å²) in [5.74, 6) is 0.816. The molecule has 0 rings (SSSR count). The van der Waals surface area contributed by atoms with E-state index in [2.05, 4.69) is 33.8 Å². The van der Waals surface area contributed by atoms with Crippen LogP contribution in [0.1, 0.15) is 40.5 Å². The average Bonchev–Trinajstić information content (AvgIpc) is 1.82. The monoisotopic (exact) mass is 126 g/mol. The Hall–Kier alpha value is -0.260. The number of allylic oxidation sites excluding steroid dienone is 2. The van der Waals surface area contributed by atoms with Crippen LogP contribution in [-0.4, -0.2) is 0 Å². The van der Waals surface area contributed by atoms with Crippen LogP contribution in [0.25, 0.3) is 0 Å². The van der Waals surface area contributed by atoms with Crippen LogP contribution in [0, 0.1) is 5.92 Å². The van der Waals surface area contributed by atoms with Crippen molar-refractivity contribution in [3.8, 4) is 0 Å². The topological polar surface area (TPSA) is 0 Å². The smallest absolute Gasteiger partial charge is 0.0297 e. The molecule has 0 nitrogen and oxygen atoms in total. The van der Waals surface area contributed by atoms with Crippen LogP contribution >= 0.6 is 0 Å². The van der Waals surface area contributed by atoms with Gasteiger partial charge in [0.05, 0.1) is 0 Å². The molecule has 9 heavy (non-hydrogen) atoms. The van der Waals surface area contributed by atoms with Crippen LogP contribution in [-0.2, 0) is 0 Å². The Morgan fingerprint density at radius 3 is 2.11 bits per heavy atom. The van der Waals surface area contributed by atoms with Gasteiger partial charge in [-0.05, 0) is 25.7 Å². The summed E-state index contributed by atoms with van der Waals surface area (Å²) < 4.78 is 0. The third-order valence-electron chi connectivity index (χ3n) is 1.53. The summed E-state index contributed by atoms with van der Waals surface area (Å²) in [6, 6.07) is 0. The zero-order chi connectivity index (χ0) is 7.28. The molecule has 0 aromatic rings. The van der Waals surface area contributed by atoms with Gasteiger partial charge in [-0.15, -0.1) is 0 Å². The van der Waals surface area contributed by atoms with Crippen molar-refractivity contribution in [1.29, 1.82) is 0 Å². The van der Waals surface area contributed by atoms with E-state index in [-0.39, 0.29) is 0 Å². The lowest BCUT2D eigenvalue weighted by molar-refractivity contribution is 0.629. The molecule has 0 saturated carbocycles. The van der Waals surface area contributed by atoms with E-state index in [0.717, 1.165) is 5.92 Å². The quantitative estimate of drug-likeness (QED) is 0.508. The summed E-state index contributed by atoms with van der Waals surface area (Å²) in [6.07, 6.45) is 4.72. The number of hydrogen-bond acceptors (Lipinski definition) is 0. The Kier molecular flexibility index (Phi) is 4.47. The van der Waals surface area contributed by atoms with Gasteiger partial charge in [0.1, 0.15) is 0 Å². The Labute approximate surface area is 59.0 Å². The highest BCUT2D eigenvalue weighted by molar-refractivity contribution is 4.99. The lowest BCUT2D eigenvalue weighted by Gasteiger charge is -2.05. The second kappa shape index (κ2) is 4.60. The maximum atomic E-state index is 2.26. The Morgan fingerprint density at radius 2 is 2.00 bits per heavy atom. The molecule has 0 heteroatoms. The second-order valence-corrected chi connectivity index (χ2v) is 2.90. The van der Waals surface area contributed by atoms with Crippen molar-refractivity contribution in [3.05, 3.63) is 11.6 Å². The molecule has 0 atom stereocenters. The maximum absolute atomic E-state index is 2.26. The summed E-state index contributed by atoms with van der Waals surface area (Å²) in [5.41, 5.74) is 1.59. The molecule has 0 N–H and O–H groups in total. The van der Waals surface area contributed by atoms with Crippen molar-refractivity contribution in [3.63, 3.8) is 0 Å². The predicted octanol–water partition coefficient (Wildman–Crippen LogP) is 3.39. The molecular weight excluding hydrogens is 108 g/mol. The van der Waals surface area contributed by atoms with Crippen LogP contribution in [0.3, 0.4) is 0 Å². The van der Waals surface area contributed by atoms with E-state index in [9.17, 15) is 0 Å². The third kappa shape index (κ3) is 4.26. The molecule has 0 amide bonds. The van der Waals surface area contributed by atoms with Crippen LogP contribution in [0.4, 0.5) is 0 Å². The Morgan fingerprint density at radius 1 is 1.44 bits per heavy atom. The fraction of sp³-hybridized carbons (Fsp3) is 0.778. The van der Waals surface area contributed by atoms with Gasteiger partial charge in [0, 0.05) is 0 Å². The first-order valence-electron chi connectivity index (χ1n) is 3.84. The zero-order valence-corrected chi connectivity index (χ0v) is 7.07. The predicted molar refractivity (Wildman–Crippen MR) is 43.5 cm³/mol. The molecule has 0 radical (unpaired) electrons. The lowest BCUT2D eigenvalue weighted by Crippen LogP contribution is -1.89. The lowest BCUT2D eigenvalue weighted by atomic mass is 10.0. The normalized spacial score (nSPS) is 12.8. The minimum Gasteiger partial charge on any atom is -0.0885 e. The number of rotatable bonds is 3. The van der Waals surface area contributed by atoms with E-state index >= 15 is 0 Å². The van der Waals surface area contributed by atoms with Crippen LogP contribution < -0.4 is 0 Å². The number of hydrogen-bond donors (Lipinski definition) is 0. The van der Waals surface area contributed by atoms with Gasteiger partial charge in [-0.25, -0.2) is 0 Å². The largest absolute Gasteiger partial charge is 0.0885 e. The molecular formula is C9H18. The van der Waals surface area contributed by atoms with Crippen molar-refractivity contribution < 1.29 is 0 Å². The second-order valence-electron chi connectivity index (χ2n) is 2.90. The maximum Gasteiger partial charge on any atom is -0.0297 e. The van der Waals surface area contributed by atoms with E-state index < -0.39 is 0 Å².